The molecule has 12 heavy (non-hydrogen) atoms. The zero-order valence-electron chi connectivity index (χ0n) is 6.54. The molecule has 64 valence electrons. The van der Waals surface area contributed by atoms with Crippen molar-refractivity contribution in [3.8, 4) is 0 Å². The van der Waals surface area contributed by atoms with Gasteiger partial charge in [0.1, 0.15) is 12.4 Å². The van der Waals surface area contributed by atoms with Crippen LogP contribution in [0.4, 0.5) is 4.39 Å². The maximum absolute atomic E-state index is 12.1. The zero-order chi connectivity index (χ0) is 9.14. The number of pyridine rings is 1. The van der Waals surface area contributed by atoms with Crippen molar-refractivity contribution in [3.05, 3.63) is 29.1 Å². The van der Waals surface area contributed by atoms with Crippen LogP contribution in [0.2, 0.25) is 0 Å². The van der Waals surface area contributed by atoms with Gasteiger partial charge < -0.3 is 5.11 Å². The van der Waals surface area contributed by atoms with E-state index in [0.29, 0.717) is 5.56 Å². The Morgan fingerprint density at radius 3 is 2.83 bits per heavy atom. The van der Waals surface area contributed by atoms with Crippen LogP contribution < -0.4 is 0 Å². The predicted molar refractivity (Wildman–Crippen MR) is 40.7 cm³/mol. The summed E-state index contributed by atoms with van der Waals surface area (Å²) >= 11 is 0. The van der Waals surface area contributed by atoms with Crippen LogP contribution in [-0.4, -0.2) is 16.1 Å². The molecule has 1 aromatic rings. The highest BCUT2D eigenvalue weighted by Gasteiger charge is 2.06. The summed E-state index contributed by atoms with van der Waals surface area (Å²) in [6, 6.07) is 2.92. The van der Waals surface area contributed by atoms with Crippen LogP contribution in [0.1, 0.15) is 21.7 Å². The molecule has 0 aliphatic heterocycles. The van der Waals surface area contributed by atoms with Crippen molar-refractivity contribution in [2.45, 2.75) is 13.6 Å². The molecule has 0 atom stereocenters. The number of carbonyl (C=O) groups is 1. The van der Waals surface area contributed by atoms with Gasteiger partial charge in [-0.2, -0.15) is 0 Å². The summed E-state index contributed by atoms with van der Waals surface area (Å²) in [5, 5.41) is 8.54. The van der Waals surface area contributed by atoms with Gasteiger partial charge in [0.05, 0.1) is 5.69 Å². The number of carboxylic acids is 1. The van der Waals surface area contributed by atoms with Gasteiger partial charge in [-0.15, -0.1) is 0 Å². The summed E-state index contributed by atoms with van der Waals surface area (Å²) in [4.78, 5) is 14.0. The minimum Gasteiger partial charge on any atom is -0.477 e. The molecule has 0 unspecified atom stereocenters. The number of carboxylic acid groups (broad SMARTS) is 1. The average molecular weight is 169 g/mol. The molecule has 0 aliphatic carbocycles. The Morgan fingerprint density at radius 2 is 2.33 bits per heavy atom. The van der Waals surface area contributed by atoms with Gasteiger partial charge in [0.25, 0.3) is 0 Å². The van der Waals surface area contributed by atoms with E-state index in [1.165, 1.54) is 12.1 Å². The summed E-state index contributed by atoms with van der Waals surface area (Å²) < 4.78 is 12.1. The van der Waals surface area contributed by atoms with E-state index in [4.69, 9.17) is 5.11 Å². The highest BCUT2D eigenvalue weighted by molar-refractivity contribution is 5.85. The van der Waals surface area contributed by atoms with Crippen molar-refractivity contribution in [2.75, 3.05) is 0 Å². The third-order valence-corrected chi connectivity index (χ3v) is 1.38. The Kier molecular flexibility index (Phi) is 2.38. The molecule has 0 aliphatic rings. The lowest BCUT2D eigenvalue weighted by Gasteiger charge is -1.99. The van der Waals surface area contributed by atoms with E-state index >= 15 is 0 Å². The fourth-order valence-electron chi connectivity index (χ4n) is 0.917. The van der Waals surface area contributed by atoms with Crippen molar-refractivity contribution >= 4 is 5.97 Å². The van der Waals surface area contributed by atoms with Crippen molar-refractivity contribution < 1.29 is 14.3 Å². The Hall–Kier alpha value is -1.45. The van der Waals surface area contributed by atoms with Gasteiger partial charge in [0.15, 0.2) is 0 Å². The normalized spacial score (nSPS) is 9.83. The molecule has 0 fully saturated rings. The fourth-order valence-corrected chi connectivity index (χ4v) is 0.917. The Balaban J connectivity index is 3.15. The van der Waals surface area contributed by atoms with E-state index in [1.54, 1.807) is 6.92 Å². The van der Waals surface area contributed by atoms with Crippen molar-refractivity contribution in [2.24, 2.45) is 0 Å². The number of halogens is 1. The maximum Gasteiger partial charge on any atom is 0.354 e. The average Bonchev–Trinajstić information content (AvgIpc) is 2.03. The lowest BCUT2D eigenvalue weighted by atomic mass is 10.2. The van der Waals surface area contributed by atoms with E-state index in [2.05, 4.69) is 4.98 Å². The number of aromatic nitrogens is 1. The highest BCUT2D eigenvalue weighted by atomic mass is 19.1. The van der Waals surface area contributed by atoms with Crippen LogP contribution in [0.25, 0.3) is 0 Å². The fraction of sp³-hybridized carbons (Fsp3) is 0.250. The van der Waals surface area contributed by atoms with Gasteiger partial charge in [0.2, 0.25) is 0 Å². The number of rotatable bonds is 2. The van der Waals surface area contributed by atoms with Crippen LogP contribution in [-0.2, 0) is 6.67 Å². The SMILES string of the molecule is Cc1cc(CF)nc(C(=O)O)c1. The summed E-state index contributed by atoms with van der Waals surface area (Å²) in [5.41, 5.74) is 0.755. The second-order valence-electron chi connectivity index (χ2n) is 2.46. The number of aryl methyl sites for hydroxylation is 1. The molecule has 1 aromatic heterocycles. The molecule has 0 radical (unpaired) electrons. The monoisotopic (exact) mass is 169 g/mol. The van der Waals surface area contributed by atoms with E-state index in [0.717, 1.165) is 0 Å². The lowest BCUT2D eigenvalue weighted by Crippen LogP contribution is -2.02. The lowest BCUT2D eigenvalue weighted by molar-refractivity contribution is 0.0690. The Labute approximate surface area is 68.9 Å². The van der Waals surface area contributed by atoms with Gasteiger partial charge in [-0.05, 0) is 24.6 Å². The molecule has 0 saturated heterocycles. The third-order valence-electron chi connectivity index (χ3n) is 1.38. The highest BCUT2D eigenvalue weighted by Crippen LogP contribution is 2.06. The molecule has 1 N–H and O–H groups in total. The topological polar surface area (TPSA) is 50.2 Å². The molecule has 1 rings (SSSR count). The molecular formula is C8H8FNO2. The van der Waals surface area contributed by atoms with Crippen LogP contribution in [0.15, 0.2) is 12.1 Å². The van der Waals surface area contributed by atoms with Crippen LogP contribution in [0, 0.1) is 6.92 Å². The van der Waals surface area contributed by atoms with Crippen LogP contribution in [0.5, 0.6) is 0 Å². The number of alkyl halides is 1. The van der Waals surface area contributed by atoms with E-state index in [9.17, 15) is 9.18 Å². The van der Waals surface area contributed by atoms with Crippen molar-refractivity contribution in [1.82, 2.24) is 4.98 Å². The van der Waals surface area contributed by atoms with Crippen LogP contribution >= 0.6 is 0 Å². The molecule has 0 saturated carbocycles. The third kappa shape index (κ3) is 1.78. The minimum absolute atomic E-state index is 0.109. The predicted octanol–water partition coefficient (Wildman–Crippen LogP) is 1.56. The molecule has 0 amide bonds. The number of hydrogen-bond donors (Lipinski definition) is 1. The van der Waals surface area contributed by atoms with Gasteiger partial charge >= 0.3 is 5.97 Å². The number of hydrogen-bond acceptors (Lipinski definition) is 2. The summed E-state index contributed by atoms with van der Waals surface area (Å²) in [6.07, 6.45) is 0. The molecule has 3 nitrogen and oxygen atoms in total. The van der Waals surface area contributed by atoms with Gasteiger partial charge in [-0.1, -0.05) is 0 Å². The zero-order valence-corrected chi connectivity index (χ0v) is 6.54. The van der Waals surface area contributed by atoms with Gasteiger partial charge in [0, 0.05) is 0 Å². The van der Waals surface area contributed by atoms with Crippen LogP contribution in [0.3, 0.4) is 0 Å². The summed E-state index contributed by atoms with van der Waals surface area (Å²) in [5.74, 6) is -1.13. The van der Waals surface area contributed by atoms with E-state index in [-0.39, 0.29) is 11.4 Å². The molecule has 1 heterocycles. The molecular weight excluding hydrogens is 161 g/mol. The first kappa shape index (κ1) is 8.64. The number of aromatic carboxylic acids is 1. The van der Waals surface area contributed by atoms with Crippen molar-refractivity contribution in [1.29, 1.82) is 0 Å². The second kappa shape index (κ2) is 3.30. The smallest absolute Gasteiger partial charge is 0.354 e. The maximum atomic E-state index is 12.1. The minimum atomic E-state index is -1.13. The Bertz CT molecular complexity index is 312. The van der Waals surface area contributed by atoms with Crippen molar-refractivity contribution in [3.63, 3.8) is 0 Å². The standard InChI is InChI=1S/C8H8FNO2/c1-5-2-6(4-9)10-7(3-5)8(11)12/h2-3H,4H2,1H3,(H,11,12). The summed E-state index contributed by atoms with van der Waals surface area (Å²) in [6.45, 7) is 0.967. The van der Waals surface area contributed by atoms with Gasteiger partial charge in [-0.25, -0.2) is 14.2 Å². The quantitative estimate of drug-likeness (QED) is 0.730. The largest absolute Gasteiger partial charge is 0.477 e. The first-order chi connectivity index (χ1) is 5.63. The number of nitrogens with zero attached hydrogens (tertiary/aromatic N) is 1. The summed E-state index contributed by atoms with van der Waals surface area (Å²) in [7, 11) is 0. The first-order valence-electron chi connectivity index (χ1n) is 3.40. The molecule has 4 heteroatoms. The molecule has 0 spiro atoms. The van der Waals surface area contributed by atoms with E-state index in [1.807, 2.05) is 0 Å². The second-order valence-corrected chi connectivity index (χ2v) is 2.46. The Morgan fingerprint density at radius 1 is 1.67 bits per heavy atom. The van der Waals surface area contributed by atoms with Gasteiger partial charge in [-0.3, -0.25) is 0 Å². The first-order valence-corrected chi connectivity index (χ1v) is 3.40. The molecule has 0 aromatic carbocycles. The van der Waals surface area contributed by atoms with E-state index < -0.39 is 12.6 Å². The molecule has 0 bridgehead atoms.